The smallest absolute Gasteiger partial charge is 0.355 e. The number of nitrogens with zero attached hydrogens (tertiary/aromatic N) is 3. The monoisotopic (exact) mass is 299 g/mol. The van der Waals surface area contributed by atoms with Crippen LogP contribution in [0, 0.1) is 5.92 Å². The third kappa shape index (κ3) is 2.98. The first kappa shape index (κ1) is 13.7. The lowest BCUT2D eigenvalue weighted by atomic mass is 9.96. The number of rotatable bonds is 1. The Morgan fingerprint density at radius 3 is 2.39 bits per heavy atom. The maximum absolute atomic E-state index is 12.5. The van der Waals surface area contributed by atoms with Crippen molar-refractivity contribution in [2.75, 3.05) is 18.0 Å². The third-order valence-electron chi connectivity index (χ3n) is 2.95. The first-order valence-corrected chi connectivity index (χ1v) is 6.13. The first-order chi connectivity index (χ1) is 8.38. The Bertz CT molecular complexity index is 431. The average molecular weight is 300 g/mol. The summed E-state index contributed by atoms with van der Waals surface area (Å²) in [6.07, 6.45) is -2.69. The third-order valence-corrected chi connectivity index (χ3v) is 3.40. The van der Waals surface area contributed by atoms with Crippen molar-refractivity contribution >= 4 is 29.0 Å². The largest absolute Gasteiger partial charge is 0.391 e. The molecule has 0 bridgehead atoms. The normalized spacial score (nSPS) is 18.2. The number of anilines is 1. The molecule has 0 aliphatic carbocycles. The highest BCUT2D eigenvalue weighted by atomic mass is 35.5. The van der Waals surface area contributed by atoms with E-state index in [1.54, 1.807) is 4.90 Å². The van der Waals surface area contributed by atoms with Crippen LogP contribution in [0.3, 0.4) is 0 Å². The summed E-state index contributed by atoms with van der Waals surface area (Å²) in [7, 11) is 0. The van der Waals surface area contributed by atoms with Crippen LogP contribution in [0.2, 0.25) is 10.3 Å². The fourth-order valence-electron chi connectivity index (χ4n) is 1.98. The average Bonchev–Trinajstić information content (AvgIpc) is 2.31. The molecule has 1 aliphatic rings. The number of hydrogen-bond acceptors (Lipinski definition) is 3. The lowest BCUT2D eigenvalue weighted by Gasteiger charge is -2.33. The van der Waals surface area contributed by atoms with Crippen LogP contribution < -0.4 is 4.90 Å². The molecule has 1 saturated heterocycles. The zero-order valence-corrected chi connectivity index (χ0v) is 10.7. The molecule has 1 aromatic heterocycles. The zero-order chi connectivity index (χ0) is 13.3. The predicted octanol–water partition coefficient (Wildman–Crippen LogP) is 3.56. The molecule has 2 rings (SSSR count). The molecule has 0 amide bonds. The molecule has 0 atom stereocenters. The molecule has 0 N–H and O–H groups in total. The zero-order valence-electron chi connectivity index (χ0n) is 9.21. The first-order valence-electron chi connectivity index (χ1n) is 5.37. The summed E-state index contributed by atoms with van der Waals surface area (Å²) in [5.74, 6) is -0.845. The van der Waals surface area contributed by atoms with E-state index in [0.29, 0.717) is 10.8 Å². The highest BCUT2D eigenvalue weighted by Gasteiger charge is 2.41. The van der Waals surface area contributed by atoms with Crippen LogP contribution in [0.4, 0.5) is 19.0 Å². The number of hydrogen-bond donors (Lipinski definition) is 0. The van der Waals surface area contributed by atoms with Crippen molar-refractivity contribution in [3.8, 4) is 0 Å². The molecule has 0 saturated carbocycles. The molecule has 18 heavy (non-hydrogen) atoms. The predicted molar refractivity (Wildman–Crippen MR) is 63.0 cm³/mol. The summed E-state index contributed by atoms with van der Waals surface area (Å²) in [5.41, 5.74) is 0. The van der Waals surface area contributed by atoms with Gasteiger partial charge in [-0.1, -0.05) is 11.6 Å². The minimum absolute atomic E-state index is 0.0346. The van der Waals surface area contributed by atoms with E-state index in [-0.39, 0.29) is 31.2 Å². The Morgan fingerprint density at radius 2 is 1.83 bits per heavy atom. The summed E-state index contributed by atoms with van der Waals surface area (Å²) < 4.78 is 37.6. The molecule has 100 valence electrons. The summed E-state index contributed by atoms with van der Waals surface area (Å²) in [6.45, 7) is 0.522. The number of aromatic nitrogens is 2. The van der Waals surface area contributed by atoms with Crippen LogP contribution in [0.25, 0.3) is 0 Å². The van der Waals surface area contributed by atoms with Gasteiger partial charge in [-0.15, -0.1) is 0 Å². The van der Waals surface area contributed by atoms with Crippen molar-refractivity contribution < 1.29 is 13.2 Å². The van der Waals surface area contributed by atoms with Crippen molar-refractivity contribution in [1.29, 1.82) is 0 Å². The van der Waals surface area contributed by atoms with Crippen molar-refractivity contribution in [3.63, 3.8) is 0 Å². The Kier molecular flexibility index (Phi) is 3.87. The number of alkyl halides is 3. The van der Waals surface area contributed by atoms with E-state index in [2.05, 4.69) is 9.97 Å². The number of halogens is 5. The van der Waals surface area contributed by atoms with Crippen LogP contribution in [0.5, 0.6) is 0 Å². The van der Waals surface area contributed by atoms with Gasteiger partial charge in [0.2, 0.25) is 5.28 Å². The molecule has 8 heteroatoms. The molecule has 1 aromatic rings. The van der Waals surface area contributed by atoms with Crippen LogP contribution in [0.1, 0.15) is 12.8 Å². The van der Waals surface area contributed by atoms with E-state index >= 15 is 0 Å². The van der Waals surface area contributed by atoms with Crippen molar-refractivity contribution in [3.05, 3.63) is 16.5 Å². The van der Waals surface area contributed by atoms with E-state index in [1.807, 2.05) is 0 Å². The van der Waals surface area contributed by atoms with E-state index in [0.717, 1.165) is 0 Å². The van der Waals surface area contributed by atoms with Gasteiger partial charge in [0.15, 0.2) is 5.82 Å². The molecule has 0 spiro atoms. The van der Waals surface area contributed by atoms with Gasteiger partial charge in [0.1, 0.15) is 5.02 Å². The molecule has 0 radical (unpaired) electrons. The van der Waals surface area contributed by atoms with Gasteiger partial charge in [-0.05, 0) is 24.4 Å². The molecule has 1 aliphatic heterocycles. The Labute approximate surface area is 112 Å². The van der Waals surface area contributed by atoms with E-state index in [9.17, 15) is 13.2 Å². The fourth-order valence-corrected chi connectivity index (χ4v) is 2.32. The Morgan fingerprint density at radius 1 is 1.22 bits per heavy atom. The van der Waals surface area contributed by atoms with Crippen LogP contribution in [-0.4, -0.2) is 29.2 Å². The van der Waals surface area contributed by atoms with Crippen molar-refractivity contribution in [1.82, 2.24) is 9.97 Å². The summed E-state index contributed by atoms with van der Waals surface area (Å²) >= 11 is 11.6. The molecule has 3 nitrogen and oxygen atoms in total. The van der Waals surface area contributed by atoms with E-state index < -0.39 is 12.1 Å². The number of piperidine rings is 1. The highest BCUT2D eigenvalue weighted by molar-refractivity contribution is 6.33. The van der Waals surface area contributed by atoms with E-state index in [4.69, 9.17) is 23.2 Å². The fraction of sp³-hybridized carbons (Fsp3) is 0.600. The molecular formula is C10H10Cl2F3N3. The lowest BCUT2D eigenvalue weighted by Crippen LogP contribution is -2.39. The van der Waals surface area contributed by atoms with Gasteiger partial charge in [0, 0.05) is 13.1 Å². The molecule has 2 heterocycles. The SMILES string of the molecule is FC(F)(F)C1CCN(c2nc(Cl)ncc2Cl)CC1. The van der Waals surface area contributed by atoms with Crippen molar-refractivity contribution in [2.24, 2.45) is 5.92 Å². The quantitative estimate of drug-likeness (QED) is 0.743. The molecule has 1 fully saturated rings. The van der Waals surface area contributed by atoms with Crippen LogP contribution >= 0.6 is 23.2 Å². The van der Waals surface area contributed by atoms with Gasteiger partial charge in [0.25, 0.3) is 0 Å². The summed E-state index contributed by atoms with van der Waals surface area (Å²) in [5, 5.41) is 0.331. The molecule has 0 aromatic carbocycles. The van der Waals surface area contributed by atoms with Gasteiger partial charge < -0.3 is 4.90 Å². The summed E-state index contributed by atoms with van der Waals surface area (Å²) in [4.78, 5) is 9.36. The second-order valence-corrected chi connectivity index (χ2v) is 4.86. The minimum Gasteiger partial charge on any atom is -0.355 e. The topological polar surface area (TPSA) is 29.0 Å². The lowest BCUT2D eigenvalue weighted by molar-refractivity contribution is -0.179. The van der Waals surface area contributed by atoms with Crippen molar-refractivity contribution in [2.45, 2.75) is 19.0 Å². The highest BCUT2D eigenvalue weighted by Crippen LogP contribution is 2.36. The van der Waals surface area contributed by atoms with Crippen LogP contribution in [-0.2, 0) is 0 Å². The Balaban J connectivity index is 2.08. The molecular weight excluding hydrogens is 290 g/mol. The Hall–Kier alpha value is -0.750. The maximum atomic E-state index is 12.5. The summed E-state index contributed by atoms with van der Waals surface area (Å²) in [6, 6.07) is 0. The second-order valence-electron chi connectivity index (χ2n) is 4.11. The van der Waals surface area contributed by atoms with Gasteiger partial charge in [-0.25, -0.2) is 4.98 Å². The van der Waals surface area contributed by atoms with Crippen LogP contribution in [0.15, 0.2) is 6.20 Å². The van der Waals surface area contributed by atoms with Gasteiger partial charge >= 0.3 is 6.18 Å². The standard InChI is InChI=1S/C10H10Cl2F3N3/c11-7-5-16-9(12)17-8(7)18-3-1-6(2-4-18)10(13,14)15/h5-6H,1-4H2. The van der Waals surface area contributed by atoms with E-state index in [1.165, 1.54) is 6.20 Å². The molecule has 0 unspecified atom stereocenters. The maximum Gasteiger partial charge on any atom is 0.391 e. The van der Waals surface area contributed by atoms with Gasteiger partial charge in [-0.2, -0.15) is 18.2 Å². The van der Waals surface area contributed by atoms with Gasteiger partial charge in [-0.3, -0.25) is 0 Å². The minimum atomic E-state index is -4.13. The second kappa shape index (κ2) is 5.09. The van der Waals surface area contributed by atoms with Gasteiger partial charge in [0.05, 0.1) is 12.1 Å².